The molecule has 1 aliphatic rings. The third-order valence-corrected chi connectivity index (χ3v) is 4.97. The van der Waals surface area contributed by atoms with E-state index in [0.717, 1.165) is 23.6 Å². The molecule has 106 valence electrons. The van der Waals surface area contributed by atoms with Gasteiger partial charge in [0, 0.05) is 19.6 Å². The van der Waals surface area contributed by atoms with E-state index >= 15 is 0 Å². The normalized spacial score (nSPS) is 23.4. The number of aliphatic carboxylic acids is 1. The molecule has 7 heteroatoms. The highest BCUT2D eigenvalue weighted by atomic mass is 32.2. The van der Waals surface area contributed by atoms with Gasteiger partial charge in [0.15, 0.2) is 0 Å². The summed E-state index contributed by atoms with van der Waals surface area (Å²) in [4.78, 5) is 10.4. The van der Waals surface area contributed by atoms with Gasteiger partial charge in [-0.2, -0.15) is 17.4 Å². The van der Waals surface area contributed by atoms with Crippen molar-refractivity contribution in [2.45, 2.75) is 45.6 Å². The predicted octanol–water partition coefficient (Wildman–Crippen LogP) is 0.806. The molecular formula is C11H22N2O4S. The first-order valence-corrected chi connectivity index (χ1v) is 7.52. The minimum absolute atomic E-state index is 0.0131. The van der Waals surface area contributed by atoms with Crippen LogP contribution in [-0.2, 0) is 15.0 Å². The molecule has 0 aromatic carbocycles. The molecule has 0 spiro atoms. The van der Waals surface area contributed by atoms with Crippen LogP contribution in [0.5, 0.6) is 0 Å². The van der Waals surface area contributed by atoms with Crippen LogP contribution in [-0.4, -0.2) is 43.4 Å². The van der Waals surface area contributed by atoms with Crippen molar-refractivity contribution in [3.63, 3.8) is 0 Å². The van der Waals surface area contributed by atoms with E-state index in [2.05, 4.69) is 18.6 Å². The zero-order valence-electron chi connectivity index (χ0n) is 11.1. The topological polar surface area (TPSA) is 86.7 Å². The number of rotatable bonds is 6. The molecule has 0 saturated heterocycles. The predicted molar refractivity (Wildman–Crippen MR) is 68.4 cm³/mol. The Bertz CT molecular complexity index is 405. The van der Waals surface area contributed by atoms with Crippen LogP contribution in [0.4, 0.5) is 0 Å². The van der Waals surface area contributed by atoms with Gasteiger partial charge in [-0.3, -0.25) is 4.79 Å². The van der Waals surface area contributed by atoms with Gasteiger partial charge in [0.05, 0.1) is 6.42 Å². The number of nitrogens with one attached hydrogen (secondary N) is 1. The van der Waals surface area contributed by atoms with E-state index in [1.165, 1.54) is 7.05 Å². The minimum Gasteiger partial charge on any atom is -0.481 e. The SMILES string of the molecule is CN(CCC(=O)O)S(=O)(=O)NC1CCC(C)(C)C1. The Morgan fingerprint density at radius 2 is 2.11 bits per heavy atom. The van der Waals surface area contributed by atoms with E-state index < -0.39 is 16.2 Å². The van der Waals surface area contributed by atoms with Crippen molar-refractivity contribution in [3.8, 4) is 0 Å². The zero-order chi connectivity index (χ0) is 14.0. The summed E-state index contributed by atoms with van der Waals surface area (Å²) < 4.78 is 27.6. The monoisotopic (exact) mass is 278 g/mol. The number of hydrogen-bond donors (Lipinski definition) is 2. The highest BCUT2D eigenvalue weighted by Crippen LogP contribution is 2.37. The van der Waals surface area contributed by atoms with E-state index in [9.17, 15) is 13.2 Å². The fourth-order valence-corrected chi connectivity index (χ4v) is 3.34. The van der Waals surface area contributed by atoms with Crippen molar-refractivity contribution in [2.75, 3.05) is 13.6 Å². The summed E-state index contributed by atoms with van der Waals surface area (Å²) in [5, 5.41) is 8.54. The molecule has 0 bridgehead atoms. The van der Waals surface area contributed by atoms with Crippen LogP contribution in [0.1, 0.15) is 39.5 Å². The van der Waals surface area contributed by atoms with Crippen molar-refractivity contribution in [3.05, 3.63) is 0 Å². The first-order chi connectivity index (χ1) is 8.12. The lowest BCUT2D eigenvalue weighted by molar-refractivity contribution is -0.137. The summed E-state index contributed by atoms with van der Waals surface area (Å²) in [5.41, 5.74) is 0.173. The molecule has 2 N–H and O–H groups in total. The molecule has 1 unspecified atom stereocenters. The third-order valence-electron chi connectivity index (χ3n) is 3.34. The maximum atomic E-state index is 11.9. The van der Waals surface area contributed by atoms with Crippen LogP contribution < -0.4 is 4.72 Å². The maximum Gasteiger partial charge on any atom is 0.304 e. The fourth-order valence-electron chi connectivity index (χ4n) is 2.21. The maximum absolute atomic E-state index is 11.9. The quantitative estimate of drug-likeness (QED) is 0.752. The average Bonchev–Trinajstić information content (AvgIpc) is 2.53. The summed E-state index contributed by atoms with van der Waals surface area (Å²) in [5.74, 6) is -1.00. The molecule has 0 aromatic heterocycles. The Morgan fingerprint density at radius 1 is 1.50 bits per heavy atom. The second-order valence-corrected chi connectivity index (χ2v) is 7.50. The standard InChI is InChI=1S/C11H22N2O4S/c1-11(2)6-4-9(8-11)12-18(16,17)13(3)7-5-10(14)15/h9,12H,4-8H2,1-3H3,(H,14,15). The highest BCUT2D eigenvalue weighted by molar-refractivity contribution is 7.87. The molecular weight excluding hydrogens is 256 g/mol. The van der Waals surface area contributed by atoms with E-state index in [-0.39, 0.29) is 24.4 Å². The highest BCUT2D eigenvalue weighted by Gasteiger charge is 2.34. The molecule has 18 heavy (non-hydrogen) atoms. The fraction of sp³-hybridized carbons (Fsp3) is 0.909. The van der Waals surface area contributed by atoms with Crippen LogP contribution in [0, 0.1) is 5.41 Å². The number of carboxylic acid groups (broad SMARTS) is 1. The summed E-state index contributed by atoms with van der Waals surface area (Å²) in [6.07, 6.45) is 2.46. The zero-order valence-corrected chi connectivity index (χ0v) is 12.0. The van der Waals surface area contributed by atoms with E-state index in [1.807, 2.05) is 0 Å². The Hall–Kier alpha value is -0.660. The van der Waals surface area contributed by atoms with E-state index in [0.29, 0.717) is 0 Å². The van der Waals surface area contributed by atoms with Crippen LogP contribution in [0.25, 0.3) is 0 Å². The first-order valence-electron chi connectivity index (χ1n) is 6.08. The molecule has 0 aliphatic heterocycles. The summed E-state index contributed by atoms with van der Waals surface area (Å²) in [6, 6.07) is -0.0442. The smallest absolute Gasteiger partial charge is 0.304 e. The molecule has 0 heterocycles. The van der Waals surface area contributed by atoms with Crippen molar-refractivity contribution in [1.82, 2.24) is 9.03 Å². The van der Waals surface area contributed by atoms with Gasteiger partial charge in [0.1, 0.15) is 0 Å². The van der Waals surface area contributed by atoms with Crippen LogP contribution in [0.2, 0.25) is 0 Å². The van der Waals surface area contributed by atoms with Crippen LogP contribution >= 0.6 is 0 Å². The number of nitrogens with zero attached hydrogens (tertiary/aromatic N) is 1. The summed E-state index contributed by atoms with van der Waals surface area (Å²) in [7, 11) is -2.18. The van der Waals surface area contributed by atoms with Gasteiger partial charge in [-0.1, -0.05) is 13.8 Å². The van der Waals surface area contributed by atoms with E-state index in [1.54, 1.807) is 0 Å². The lowest BCUT2D eigenvalue weighted by atomic mass is 9.92. The molecule has 1 fully saturated rings. The van der Waals surface area contributed by atoms with Crippen molar-refractivity contribution in [2.24, 2.45) is 5.41 Å². The largest absolute Gasteiger partial charge is 0.481 e. The Balaban J connectivity index is 2.52. The lowest BCUT2D eigenvalue weighted by Crippen LogP contribution is -2.43. The van der Waals surface area contributed by atoms with Gasteiger partial charge in [0.2, 0.25) is 0 Å². The molecule has 0 aromatic rings. The van der Waals surface area contributed by atoms with E-state index in [4.69, 9.17) is 5.11 Å². The van der Waals surface area contributed by atoms with Gasteiger partial charge in [-0.25, -0.2) is 0 Å². The summed E-state index contributed by atoms with van der Waals surface area (Å²) >= 11 is 0. The third kappa shape index (κ3) is 4.55. The molecule has 1 rings (SSSR count). The summed E-state index contributed by atoms with van der Waals surface area (Å²) in [6.45, 7) is 4.23. The lowest BCUT2D eigenvalue weighted by Gasteiger charge is -2.21. The molecule has 1 atom stereocenters. The van der Waals surface area contributed by atoms with Crippen LogP contribution in [0.15, 0.2) is 0 Å². The molecule has 0 radical (unpaired) electrons. The van der Waals surface area contributed by atoms with Crippen molar-refractivity contribution < 1.29 is 18.3 Å². The van der Waals surface area contributed by atoms with Gasteiger partial charge >= 0.3 is 5.97 Å². The van der Waals surface area contributed by atoms with Crippen molar-refractivity contribution in [1.29, 1.82) is 0 Å². The Kier molecular flexibility index (Phi) is 4.74. The minimum atomic E-state index is -3.57. The molecule has 0 amide bonds. The number of carbonyl (C=O) groups is 1. The van der Waals surface area contributed by atoms with Crippen molar-refractivity contribution >= 4 is 16.2 Å². The van der Waals surface area contributed by atoms with Gasteiger partial charge < -0.3 is 5.11 Å². The van der Waals surface area contributed by atoms with Crippen LogP contribution in [0.3, 0.4) is 0 Å². The van der Waals surface area contributed by atoms with Gasteiger partial charge in [-0.05, 0) is 24.7 Å². The van der Waals surface area contributed by atoms with Gasteiger partial charge in [0.25, 0.3) is 10.2 Å². The average molecular weight is 278 g/mol. The number of carboxylic acids is 1. The van der Waals surface area contributed by atoms with Gasteiger partial charge in [-0.15, -0.1) is 0 Å². The number of hydrogen-bond acceptors (Lipinski definition) is 3. The second-order valence-electron chi connectivity index (χ2n) is 5.69. The Morgan fingerprint density at radius 3 is 2.56 bits per heavy atom. The second kappa shape index (κ2) is 5.54. The Labute approximate surface area is 109 Å². The first kappa shape index (κ1) is 15.4. The molecule has 1 aliphatic carbocycles. The molecule has 6 nitrogen and oxygen atoms in total. The molecule has 1 saturated carbocycles.